The van der Waals surface area contributed by atoms with Gasteiger partial charge >= 0.3 is 0 Å². The standard InChI is InChI=1S/C14H13N3O/c18-14(17-13-9-15-7-8-16-13)12-6-2-4-10-3-1-5-11(10)12/h2,4,6-9H,1,3,5H2,(H,16,17,18). The van der Waals surface area contributed by atoms with Gasteiger partial charge in [0.2, 0.25) is 0 Å². The minimum Gasteiger partial charge on any atom is -0.305 e. The van der Waals surface area contributed by atoms with Crippen LogP contribution in [-0.4, -0.2) is 15.9 Å². The summed E-state index contributed by atoms with van der Waals surface area (Å²) in [4.78, 5) is 20.2. The molecule has 0 unspecified atom stereocenters. The fraction of sp³-hybridized carbons (Fsp3) is 0.214. The number of aryl methyl sites for hydroxylation is 1. The summed E-state index contributed by atoms with van der Waals surface area (Å²) in [6.07, 6.45) is 7.87. The van der Waals surface area contributed by atoms with Gasteiger partial charge in [-0.3, -0.25) is 9.78 Å². The minimum absolute atomic E-state index is 0.103. The van der Waals surface area contributed by atoms with E-state index in [0.29, 0.717) is 5.82 Å². The number of anilines is 1. The molecule has 0 aliphatic heterocycles. The summed E-state index contributed by atoms with van der Waals surface area (Å²) in [6.45, 7) is 0. The second-order valence-electron chi connectivity index (χ2n) is 4.34. The molecule has 0 radical (unpaired) electrons. The Labute approximate surface area is 105 Å². The Morgan fingerprint density at radius 3 is 3.00 bits per heavy atom. The number of fused-ring (bicyclic) bond motifs is 1. The molecule has 0 saturated heterocycles. The fourth-order valence-electron chi connectivity index (χ4n) is 2.38. The van der Waals surface area contributed by atoms with Gasteiger partial charge in [0.15, 0.2) is 5.82 Å². The van der Waals surface area contributed by atoms with Crippen LogP contribution in [0.2, 0.25) is 0 Å². The molecule has 1 aromatic heterocycles. The molecule has 0 bridgehead atoms. The van der Waals surface area contributed by atoms with Crippen molar-refractivity contribution in [1.82, 2.24) is 9.97 Å². The van der Waals surface area contributed by atoms with Crippen LogP contribution in [0.5, 0.6) is 0 Å². The summed E-state index contributed by atoms with van der Waals surface area (Å²) in [5.41, 5.74) is 3.23. The van der Waals surface area contributed by atoms with Crippen LogP contribution in [-0.2, 0) is 12.8 Å². The Bertz CT molecular complexity index is 581. The molecule has 2 aromatic rings. The highest BCUT2D eigenvalue weighted by Gasteiger charge is 2.18. The SMILES string of the molecule is O=C(Nc1cnccn1)c1cccc2c1CCC2. The molecule has 90 valence electrons. The first-order chi connectivity index (χ1) is 8.84. The normalized spacial score (nSPS) is 13.1. The van der Waals surface area contributed by atoms with E-state index in [1.165, 1.54) is 11.1 Å². The van der Waals surface area contributed by atoms with Crippen LogP contribution in [0.25, 0.3) is 0 Å². The van der Waals surface area contributed by atoms with Gasteiger partial charge in [0.05, 0.1) is 6.20 Å². The third-order valence-corrected chi connectivity index (χ3v) is 3.20. The quantitative estimate of drug-likeness (QED) is 0.874. The molecular formula is C14H13N3O. The van der Waals surface area contributed by atoms with Crippen molar-refractivity contribution in [2.75, 3.05) is 5.32 Å². The second kappa shape index (κ2) is 4.56. The highest BCUT2D eigenvalue weighted by molar-refractivity contribution is 6.05. The highest BCUT2D eigenvalue weighted by Crippen LogP contribution is 2.25. The van der Waals surface area contributed by atoms with Gasteiger partial charge in [0.25, 0.3) is 5.91 Å². The molecule has 1 aliphatic rings. The van der Waals surface area contributed by atoms with E-state index in [0.717, 1.165) is 24.8 Å². The number of carbonyl (C=O) groups excluding carboxylic acids is 1. The summed E-state index contributed by atoms with van der Waals surface area (Å²) in [5.74, 6) is 0.382. The van der Waals surface area contributed by atoms with Crippen molar-refractivity contribution in [3.05, 3.63) is 53.5 Å². The lowest BCUT2D eigenvalue weighted by Gasteiger charge is -2.08. The van der Waals surface area contributed by atoms with Crippen LogP contribution in [0.1, 0.15) is 27.9 Å². The van der Waals surface area contributed by atoms with Gasteiger partial charge in [0.1, 0.15) is 0 Å². The zero-order valence-corrected chi connectivity index (χ0v) is 9.89. The van der Waals surface area contributed by atoms with Crippen molar-refractivity contribution in [3.8, 4) is 0 Å². The van der Waals surface area contributed by atoms with Crippen LogP contribution in [0, 0.1) is 0 Å². The van der Waals surface area contributed by atoms with Crippen molar-refractivity contribution in [1.29, 1.82) is 0 Å². The molecule has 0 spiro atoms. The maximum Gasteiger partial charge on any atom is 0.257 e. The van der Waals surface area contributed by atoms with Crippen molar-refractivity contribution in [2.45, 2.75) is 19.3 Å². The number of hydrogen-bond acceptors (Lipinski definition) is 3. The first-order valence-corrected chi connectivity index (χ1v) is 6.03. The van der Waals surface area contributed by atoms with Crippen molar-refractivity contribution < 1.29 is 4.79 Å². The first-order valence-electron chi connectivity index (χ1n) is 6.03. The van der Waals surface area contributed by atoms with Crippen molar-refractivity contribution >= 4 is 11.7 Å². The fourth-order valence-corrected chi connectivity index (χ4v) is 2.38. The Hall–Kier alpha value is -2.23. The molecule has 1 aromatic carbocycles. The van der Waals surface area contributed by atoms with Crippen molar-refractivity contribution in [3.63, 3.8) is 0 Å². The van der Waals surface area contributed by atoms with Gasteiger partial charge < -0.3 is 5.32 Å². The molecule has 1 aliphatic carbocycles. The Balaban J connectivity index is 1.88. The van der Waals surface area contributed by atoms with E-state index in [2.05, 4.69) is 21.4 Å². The monoisotopic (exact) mass is 239 g/mol. The largest absolute Gasteiger partial charge is 0.305 e. The first kappa shape index (κ1) is 10.9. The summed E-state index contributed by atoms with van der Waals surface area (Å²) in [6, 6.07) is 5.91. The Morgan fingerprint density at radius 2 is 2.17 bits per heavy atom. The molecule has 0 saturated carbocycles. The summed E-state index contributed by atoms with van der Waals surface area (Å²) in [5, 5.41) is 2.78. The van der Waals surface area contributed by atoms with Crippen LogP contribution in [0.3, 0.4) is 0 Å². The third-order valence-electron chi connectivity index (χ3n) is 3.20. The molecular weight excluding hydrogens is 226 g/mol. The van der Waals surface area contributed by atoms with E-state index >= 15 is 0 Å². The number of carbonyl (C=O) groups is 1. The Morgan fingerprint density at radius 1 is 1.22 bits per heavy atom. The van der Waals surface area contributed by atoms with Crippen LogP contribution >= 0.6 is 0 Å². The number of rotatable bonds is 2. The van der Waals surface area contributed by atoms with Crippen LogP contribution < -0.4 is 5.32 Å². The van der Waals surface area contributed by atoms with Gasteiger partial charge in [-0.05, 0) is 36.5 Å². The molecule has 3 rings (SSSR count). The number of hydrogen-bond donors (Lipinski definition) is 1. The summed E-state index contributed by atoms with van der Waals surface area (Å²) >= 11 is 0. The lowest BCUT2D eigenvalue weighted by Crippen LogP contribution is -2.15. The molecule has 1 amide bonds. The van der Waals surface area contributed by atoms with Crippen LogP contribution in [0.15, 0.2) is 36.8 Å². The second-order valence-corrected chi connectivity index (χ2v) is 4.34. The van der Waals surface area contributed by atoms with Gasteiger partial charge in [-0.15, -0.1) is 0 Å². The molecule has 0 atom stereocenters. The maximum absolute atomic E-state index is 12.2. The smallest absolute Gasteiger partial charge is 0.257 e. The van der Waals surface area contributed by atoms with E-state index < -0.39 is 0 Å². The van der Waals surface area contributed by atoms with Gasteiger partial charge in [0, 0.05) is 18.0 Å². The average molecular weight is 239 g/mol. The highest BCUT2D eigenvalue weighted by atomic mass is 16.1. The number of nitrogens with zero attached hydrogens (tertiary/aromatic N) is 2. The molecule has 0 fully saturated rings. The molecule has 1 N–H and O–H groups in total. The number of benzene rings is 1. The van der Waals surface area contributed by atoms with Gasteiger partial charge in [-0.1, -0.05) is 12.1 Å². The van der Waals surface area contributed by atoms with E-state index in [4.69, 9.17) is 0 Å². The van der Waals surface area contributed by atoms with E-state index in [-0.39, 0.29) is 5.91 Å². The predicted molar refractivity (Wildman–Crippen MR) is 68.5 cm³/mol. The zero-order chi connectivity index (χ0) is 12.4. The van der Waals surface area contributed by atoms with Gasteiger partial charge in [-0.2, -0.15) is 0 Å². The molecule has 4 nitrogen and oxygen atoms in total. The average Bonchev–Trinajstić information content (AvgIpc) is 2.87. The Kier molecular flexibility index (Phi) is 2.76. The predicted octanol–water partition coefficient (Wildman–Crippen LogP) is 2.22. The summed E-state index contributed by atoms with van der Waals surface area (Å²) < 4.78 is 0. The van der Waals surface area contributed by atoms with E-state index in [1.807, 2.05) is 12.1 Å². The minimum atomic E-state index is -0.103. The van der Waals surface area contributed by atoms with E-state index in [1.54, 1.807) is 18.6 Å². The van der Waals surface area contributed by atoms with Gasteiger partial charge in [-0.25, -0.2) is 4.98 Å². The third kappa shape index (κ3) is 1.97. The molecule has 18 heavy (non-hydrogen) atoms. The van der Waals surface area contributed by atoms with E-state index in [9.17, 15) is 4.79 Å². The molecule has 4 heteroatoms. The zero-order valence-electron chi connectivity index (χ0n) is 9.89. The number of nitrogens with one attached hydrogen (secondary N) is 1. The number of aromatic nitrogens is 2. The lowest BCUT2D eigenvalue weighted by atomic mass is 10.0. The molecule has 1 heterocycles. The van der Waals surface area contributed by atoms with Crippen molar-refractivity contribution in [2.24, 2.45) is 0 Å². The van der Waals surface area contributed by atoms with Crippen LogP contribution in [0.4, 0.5) is 5.82 Å². The number of amides is 1. The summed E-state index contributed by atoms with van der Waals surface area (Å²) in [7, 11) is 0. The topological polar surface area (TPSA) is 54.9 Å². The lowest BCUT2D eigenvalue weighted by molar-refractivity contribution is 0.102. The maximum atomic E-state index is 12.2.